The Hall–Kier alpha value is -1.38. The van der Waals surface area contributed by atoms with E-state index in [1.165, 1.54) is 10.8 Å². The maximum absolute atomic E-state index is 12.0. The van der Waals surface area contributed by atoms with Gasteiger partial charge in [0.25, 0.3) is 0 Å². The molecule has 1 aromatic carbocycles. The van der Waals surface area contributed by atoms with E-state index < -0.39 is 12.0 Å². The zero-order chi connectivity index (χ0) is 16.7. The first-order valence-electron chi connectivity index (χ1n) is 7.42. The molecule has 2 unspecified atom stereocenters. The molecule has 8 heteroatoms. The number of carboxylic acid groups (broad SMARTS) is 1. The van der Waals surface area contributed by atoms with Crippen molar-refractivity contribution in [2.24, 2.45) is 5.73 Å². The fraction of sp³-hybridized carbons (Fsp3) is 0.467. The molecular weight excluding hydrogens is 334 g/mol. The van der Waals surface area contributed by atoms with Gasteiger partial charge in [-0.05, 0) is 12.0 Å². The van der Waals surface area contributed by atoms with Gasteiger partial charge in [-0.15, -0.1) is 0 Å². The summed E-state index contributed by atoms with van der Waals surface area (Å²) in [4.78, 5) is 24.4. The Kier molecular flexibility index (Phi) is 7.07. The number of urea groups is 1. The number of nitrogens with one attached hydrogen (secondary N) is 1. The zero-order valence-corrected chi connectivity index (χ0v) is 14.3. The normalized spacial score (nSPS) is 18.7. The van der Waals surface area contributed by atoms with Gasteiger partial charge in [0, 0.05) is 24.6 Å². The Balaban J connectivity index is 1.71. The number of aliphatic carboxylic acids is 1. The van der Waals surface area contributed by atoms with Crippen molar-refractivity contribution in [2.45, 2.75) is 18.5 Å². The molecule has 2 amide bonds. The van der Waals surface area contributed by atoms with Crippen molar-refractivity contribution < 1.29 is 14.7 Å². The van der Waals surface area contributed by atoms with Gasteiger partial charge in [-0.1, -0.05) is 51.9 Å². The van der Waals surface area contributed by atoms with Crippen molar-refractivity contribution in [1.82, 2.24) is 10.2 Å². The average molecular weight is 355 g/mol. The van der Waals surface area contributed by atoms with E-state index in [0.717, 1.165) is 17.7 Å². The molecule has 1 aliphatic heterocycles. The van der Waals surface area contributed by atoms with Crippen molar-refractivity contribution in [3.63, 3.8) is 0 Å². The smallest absolute Gasteiger partial charge is 0.321 e. The number of carboxylic acids is 1. The Morgan fingerprint density at radius 1 is 1.39 bits per heavy atom. The van der Waals surface area contributed by atoms with Crippen LogP contribution in [0.3, 0.4) is 0 Å². The minimum Gasteiger partial charge on any atom is -0.480 e. The fourth-order valence-electron chi connectivity index (χ4n) is 2.31. The highest BCUT2D eigenvalue weighted by atomic mass is 33.1. The summed E-state index contributed by atoms with van der Waals surface area (Å²) in [5, 5.41) is 11.6. The summed E-state index contributed by atoms with van der Waals surface area (Å²) in [5.74, 6) is 0.261. The van der Waals surface area contributed by atoms with Crippen LogP contribution >= 0.6 is 21.6 Å². The van der Waals surface area contributed by atoms with E-state index in [2.05, 4.69) is 5.32 Å². The van der Waals surface area contributed by atoms with Crippen molar-refractivity contribution >= 4 is 33.6 Å². The molecule has 1 fully saturated rings. The monoisotopic (exact) mass is 355 g/mol. The Labute approximate surface area is 143 Å². The van der Waals surface area contributed by atoms with Crippen molar-refractivity contribution in [1.29, 1.82) is 0 Å². The van der Waals surface area contributed by atoms with Crippen LogP contribution in [0.5, 0.6) is 0 Å². The molecule has 23 heavy (non-hydrogen) atoms. The third-order valence-electron chi connectivity index (χ3n) is 3.54. The third kappa shape index (κ3) is 5.33. The second kappa shape index (κ2) is 9.05. The minimum atomic E-state index is -0.974. The quantitative estimate of drug-likeness (QED) is 0.463. The highest BCUT2D eigenvalue weighted by Crippen LogP contribution is 2.26. The van der Waals surface area contributed by atoms with E-state index >= 15 is 0 Å². The van der Waals surface area contributed by atoms with Gasteiger partial charge in [-0.25, -0.2) is 4.79 Å². The number of benzene rings is 1. The molecule has 0 saturated carbocycles. The van der Waals surface area contributed by atoms with E-state index in [0.29, 0.717) is 18.8 Å². The number of carbonyl (C=O) groups is 2. The minimum absolute atomic E-state index is 0.0237. The van der Waals surface area contributed by atoms with Crippen LogP contribution in [0.1, 0.15) is 18.0 Å². The molecule has 0 spiro atoms. The van der Waals surface area contributed by atoms with Crippen molar-refractivity contribution in [3.05, 3.63) is 35.9 Å². The first kappa shape index (κ1) is 18.0. The van der Waals surface area contributed by atoms with Crippen LogP contribution in [0.4, 0.5) is 4.79 Å². The van der Waals surface area contributed by atoms with Crippen LogP contribution in [0.2, 0.25) is 0 Å². The molecule has 1 heterocycles. The van der Waals surface area contributed by atoms with E-state index in [1.807, 2.05) is 35.2 Å². The SMILES string of the molecule is NC(CSSCCCN1C(=O)NCC1c1ccccc1)C(=O)O. The van der Waals surface area contributed by atoms with E-state index in [4.69, 9.17) is 10.8 Å². The molecule has 126 valence electrons. The lowest BCUT2D eigenvalue weighted by Crippen LogP contribution is -2.32. The fourth-order valence-corrected chi connectivity index (χ4v) is 4.50. The van der Waals surface area contributed by atoms with Crippen LogP contribution in [-0.2, 0) is 4.79 Å². The largest absolute Gasteiger partial charge is 0.480 e. The van der Waals surface area contributed by atoms with Gasteiger partial charge in [0.1, 0.15) is 6.04 Å². The number of rotatable bonds is 9. The summed E-state index contributed by atoms with van der Waals surface area (Å²) in [7, 11) is 3.06. The highest BCUT2D eigenvalue weighted by molar-refractivity contribution is 8.76. The van der Waals surface area contributed by atoms with Crippen LogP contribution in [0, 0.1) is 0 Å². The summed E-state index contributed by atoms with van der Waals surface area (Å²) >= 11 is 0. The molecule has 2 atom stereocenters. The lowest BCUT2D eigenvalue weighted by Gasteiger charge is -2.23. The molecule has 6 nitrogen and oxygen atoms in total. The van der Waals surface area contributed by atoms with Gasteiger partial charge >= 0.3 is 12.0 Å². The van der Waals surface area contributed by atoms with E-state index in [9.17, 15) is 9.59 Å². The first-order chi connectivity index (χ1) is 11.1. The molecule has 1 aromatic rings. The predicted octanol–water partition coefficient (Wildman–Crippen LogP) is 1.94. The lowest BCUT2D eigenvalue weighted by atomic mass is 10.1. The average Bonchev–Trinajstić information content (AvgIpc) is 2.92. The van der Waals surface area contributed by atoms with Gasteiger partial charge < -0.3 is 21.1 Å². The predicted molar refractivity (Wildman–Crippen MR) is 94.4 cm³/mol. The van der Waals surface area contributed by atoms with Crippen molar-refractivity contribution in [2.75, 3.05) is 24.6 Å². The lowest BCUT2D eigenvalue weighted by molar-refractivity contribution is -0.137. The molecule has 0 radical (unpaired) electrons. The second-order valence-electron chi connectivity index (χ2n) is 5.21. The van der Waals surface area contributed by atoms with Gasteiger partial charge in [0.2, 0.25) is 0 Å². The Bertz CT molecular complexity index is 530. The van der Waals surface area contributed by atoms with E-state index in [-0.39, 0.29) is 12.1 Å². The molecule has 4 N–H and O–H groups in total. The highest BCUT2D eigenvalue weighted by Gasteiger charge is 2.30. The molecule has 0 bridgehead atoms. The van der Waals surface area contributed by atoms with Crippen LogP contribution < -0.4 is 11.1 Å². The van der Waals surface area contributed by atoms with Gasteiger partial charge in [0.15, 0.2) is 0 Å². The summed E-state index contributed by atoms with van der Waals surface area (Å²) < 4.78 is 0. The van der Waals surface area contributed by atoms with Crippen molar-refractivity contribution in [3.8, 4) is 0 Å². The summed E-state index contributed by atoms with van der Waals surface area (Å²) in [6.07, 6.45) is 0.858. The standard InChI is InChI=1S/C15H21N3O3S2/c16-12(14(19)20)10-23-22-8-4-7-18-13(9-17-15(18)21)11-5-2-1-3-6-11/h1-3,5-6,12-13H,4,7-10,16H2,(H,17,21)(H,19,20). The summed E-state index contributed by atoms with van der Waals surface area (Å²) in [5.41, 5.74) is 6.58. The van der Waals surface area contributed by atoms with Crippen LogP contribution in [-0.4, -0.2) is 52.6 Å². The second-order valence-corrected chi connectivity index (χ2v) is 7.84. The number of amides is 2. The Morgan fingerprint density at radius 3 is 2.83 bits per heavy atom. The molecular formula is C15H21N3O3S2. The topological polar surface area (TPSA) is 95.7 Å². The number of carbonyl (C=O) groups excluding carboxylic acids is 1. The van der Waals surface area contributed by atoms with Gasteiger partial charge in [-0.2, -0.15) is 0 Å². The number of hydrogen-bond donors (Lipinski definition) is 3. The Morgan fingerprint density at radius 2 is 2.13 bits per heavy atom. The maximum Gasteiger partial charge on any atom is 0.321 e. The zero-order valence-electron chi connectivity index (χ0n) is 12.7. The summed E-state index contributed by atoms with van der Waals surface area (Å²) in [6, 6.07) is 9.24. The molecule has 1 aliphatic rings. The van der Waals surface area contributed by atoms with Crippen LogP contribution in [0.25, 0.3) is 0 Å². The third-order valence-corrected chi connectivity index (χ3v) is 6.07. The molecule has 1 saturated heterocycles. The molecule has 0 aliphatic carbocycles. The first-order valence-corrected chi connectivity index (χ1v) is 9.90. The number of hydrogen-bond acceptors (Lipinski definition) is 5. The summed E-state index contributed by atoms with van der Waals surface area (Å²) in [6.45, 7) is 1.32. The number of nitrogens with two attached hydrogens (primary N) is 1. The molecule has 2 rings (SSSR count). The van der Waals surface area contributed by atoms with Gasteiger partial charge in [0.05, 0.1) is 6.04 Å². The number of nitrogens with zero attached hydrogens (tertiary/aromatic N) is 1. The van der Waals surface area contributed by atoms with E-state index in [1.54, 1.807) is 10.8 Å². The maximum atomic E-state index is 12.0. The van der Waals surface area contributed by atoms with Gasteiger partial charge in [-0.3, -0.25) is 4.79 Å². The van der Waals surface area contributed by atoms with Crippen LogP contribution in [0.15, 0.2) is 30.3 Å². The molecule has 0 aromatic heterocycles.